The number of thioether (sulfide) groups is 2. The highest BCUT2D eigenvalue weighted by atomic mass is 32.2. The maximum absolute atomic E-state index is 13.0. The smallest absolute Gasteiger partial charge is 0.353 e. The zero-order chi connectivity index (χ0) is 26.8. The maximum atomic E-state index is 13.0. The lowest BCUT2D eigenvalue weighted by molar-refractivity contribution is -0.150. The predicted molar refractivity (Wildman–Crippen MR) is 144 cm³/mol. The van der Waals surface area contributed by atoms with Gasteiger partial charge in [-0.2, -0.15) is 0 Å². The van der Waals surface area contributed by atoms with Crippen LogP contribution in [-0.4, -0.2) is 66.9 Å². The molecule has 1 saturated heterocycles. The molecule has 0 bridgehead atoms. The molecule has 3 aromatic rings. The number of esters is 1. The summed E-state index contributed by atoms with van der Waals surface area (Å²) in [7, 11) is 0. The minimum absolute atomic E-state index is 0.0400. The summed E-state index contributed by atoms with van der Waals surface area (Å²) in [6, 6.07) is 9.45. The van der Waals surface area contributed by atoms with E-state index in [1.807, 2.05) is 13.0 Å². The van der Waals surface area contributed by atoms with E-state index in [1.165, 1.54) is 51.1 Å². The Labute approximate surface area is 233 Å². The number of hydrogen-bond acceptors (Lipinski definition) is 11. The molecule has 2 amide bonds. The second kappa shape index (κ2) is 11.3. The van der Waals surface area contributed by atoms with Gasteiger partial charge in [-0.1, -0.05) is 41.3 Å². The van der Waals surface area contributed by atoms with Gasteiger partial charge in [0.1, 0.15) is 32.7 Å². The van der Waals surface area contributed by atoms with Crippen molar-refractivity contribution in [3.63, 3.8) is 0 Å². The van der Waals surface area contributed by atoms with Crippen LogP contribution in [0.25, 0.3) is 0 Å². The van der Waals surface area contributed by atoms with Crippen LogP contribution in [0.4, 0.5) is 0 Å². The number of aromatic nitrogens is 2. The zero-order valence-electron chi connectivity index (χ0n) is 19.8. The maximum Gasteiger partial charge on any atom is 0.353 e. The number of hydrogen-bond donors (Lipinski definition) is 2. The number of nitrogens with one attached hydrogen (secondary N) is 1. The largest absolute Gasteiger partial charge is 0.477 e. The van der Waals surface area contributed by atoms with Crippen molar-refractivity contribution >= 4 is 70.0 Å². The molecule has 0 saturated carbocycles. The number of rotatable bonds is 9. The van der Waals surface area contributed by atoms with Gasteiger partial charge in [0.15, 0.2) is 4.34 Å². The van der Waals surface area contributed by atoms with E-state index in [2.05, 4.69) is 15.5 Å². The van der Waals surface area contributed by atoms with Crippen molar-refractivity contribution < 1.29 is 29.0 Å². The van der Waals surface area contributed by atoms with Gasteiger partial charge in [0.25, 0.3) is 5.91 Å². The summed E-state index contributed by atoms with van der Waals surface area (Å²) in [6.07, 6.45) is -0.116. The normalized spacial score (nSPS) is 18.6. The van der Waals surface area contributed by atoms with Gasteiger partial charge >= 0.3 is 11.9 Å². The Hall–Kier alpha value is -3.20. The fraction of sp³-hybridized carbons (Fsp3) is 0.250. The Morgan fingerprint density at radius 1 is 1.21 bits per heavy atom. The number of amides is 2. The number of thiophene rings is 1. The minimum Gasteiger partial charge on any atom is -0.477 e. The molecule has 196 valence electrons. The number of ether oxygens (including phenoxy) is 1. The van der Waals surface area contributed by atoms with E-state index in [-0.39, 0.29) is 12.1 Å². The molecule has 0 spiro atoms. The summed E-state index contributed by atoms with van der Waals surface area (Å²) < 4.78 is 6.11. The van der Waals surface area contributed by atoms with Gasteiger partial charge in [-0.25, -0.2) is 9.59 Å². The fourth-order valence-corrected chi connectivity index (χ4v) is 8.07. The van der Waals surface area contributed by atoms with E-state index in [1.54, 1.807) is 35.7 Å². The summed E-state index contributed by atoms with van der Waals surface area (Å²) in [6.45, 7) is 1.84. The van der Waals surface area contributed by atoms with Gasteiger partial charge in [0.05, 0.1) is 6.42 Å². The van der Waals surface area contributed by atoms with Crippen molar-refractivity contribution in [2.75, 3.05) is 11.5 Å². The Morgan fingerprint density at radius 2 is 2.00 bits per heavy atom. The number of aliphatic carboxylic acids is 1. The number of carbonyl (C=O) groups excluding carboxylic acids is 3. The predicted octanol–water partition coefficient (Wildman–Crippen LogP) is 3.20. The lowest BCUT2D eigenvalue weighted by Crippen LogP contribution is -2.70. The number of para-hydroxylation sites is 1. The SMILES string of the molecule is Cc1nnc(SCC2=C(C(=O)O)N3C(=O)C(NC(=O)Cc4ccsc4C(=O)Oc4ccccc4)[C@@H]3SC2)s1. The summed E-state index contributed by atoms with van der Waals surface area (Å²) in [5.41, 5.74) is 1.07. The van der Waals surface area contributed by atoms with E-state index in [9.17, 15) is 24.3 Å². The van der Waals surface area contributed by atoms with Gasteiger partial charge < -0.3 is 15.2 Å². The zero-order valence-corrected chi connectivity index (χ0v) is 23.0. The molecule has 1 aromatic carbocycles. The number of nitrogens with zero attached hydrogens (tertiary/aromatic N) is 3. The first kappa shape index (κ1) is 26.4. The highest BCUT2D eigenvalue weighted by Gasteiger charge is 2.54. The van der Waals surface area contributed by atoms with E-state index >= 15 is 0 Å². The van der Waals surface area contributed by atoms with Crippen molar-refractivity contribution in [1.82, 2.24) is 20.4 Å². The van der Waals surface area contributed by atoms with Crippen molar-refractivity contribution in [3.05, 3.63) is 68.5 Å². The Kier molecular flexibility index (Phi) is 7.83. The first-order chi connectivity index (χ1) is 18.3. The second-order valence-electron chi connectivity index (χ2n) is 8.24. The highest BCUT2D eigenvalue weighted by Crippen LogP contribution is 2.41. The lowest BCUT2D eigenvalue weighted by atomic mass is 10.0. The van der Waals surface area contributed by atoms with Gasteiger partial charge in [-0.3, -0.25) is 14.5 Å². The van der Waals surface area contributed by atoms with E-state index in [4.69, 9.17) is 4.74 Å². The number of benzene rings is 1. The number of fused-ring (bicyclic) bond motifs is 1. The number of carboxylic acid groups (broad SMARTS) is 1. The summed E-state index contributed by atoms with van der Waals surface area (Å²) in [4.78, 5) is 52.0. The van der Waals surface area contributed by atoms with Crippen molar-refractivity contribution in [1.29, 1.82) is 0 Å². The third-order valence-electron chi connectivity index (χ3n) is 5.68. The third kappa shape index (κ3) is 5.48. The van der Waals surface area contributed by atoms with Crippen LogP contribution in [0, 0.1) is 6.92 Å². The quantitative estimate of drug-likeness (QED) is 0.166. The monoisotopic (exact) mass is 588 g/mol. The second-order valence-corrected chi connectivity index (χ2v) is 12.7. The summed E-state index contributed by atoms with van der Waals surface area (Å²) >= 11 is 5.38. The average Bonchev–Trinajstić information content (AvgIpc) is 3.54. The molecular weight excluding hydrogens is 569 g/mol. The molecule has 1 fully saturated rings. The molecule has 2 aliphatic heterocycles. The van der Waals surface area contributed by atoms with Gasteiger partial charge in [-0.05, 0) is 41.6 Å². The van der Waals surface area contributed by atoms with Crippen molar-refractivity contribution in [3.8, 4) is 5.75 Å². The van der Waals surface area contributed by atoms with Crippen LogP contribution in [0.5, 0.6) is 5.75 Å². The van der Waals surface area contributed by atoms with Gasteiger partial charge in [-0.15, -0.1) is 33.3 Å². The molecule has 0 aliphatic carbocycles. The van der Waals surface area contributed by atoms with Gasteiger partial charge in [0.2, 0.25) is 5.91 Å². The molecule has 0 radical (unpaired) electrons. The lowest BCUT2D eigenvalue weighted by Gasteiger charge is -2.49. The first-order valence-corrected chi connectivity index (χ1v) is 15.0. The van der Waals surface area contributed by atoms with Crippen LogP contribution in [0.2, 0.25) is 0 Å². The van der Waals surface area contributed by atoms with Crippen LogP contribution in [0.1, 0.15) is 20.2 Å². The fourth-order valence-electron chi connectivity index (χ4n) is 3.97. The Balaban J connectivity index is 1.22. The highest BCUT2D eigenvalue weighted by molar-refractivity contribution is 8.01. The number of aryl methyl sites for hydroxylation is 1. The van der Waals surface area contributed by atoms with Crippen molar-refractivity contribution in [2.45, 2.75) is 29.1 Å². The van der Waals surface area contributed by atoms with Gasteiger partial charge in [0, 0.05) is 11.5 Å². The van der Waals surface area contributed by atoms with E-state index < -0.39 is 35.2 Å². The standard InChI is InChI=1S/C24H20N4O6S4/c1-12-26-27-24(38-12)37-11-14-10-36-21-17(20(30)28(21)18(14)22(31)32)25-16(29)9-13-7-8-35-19(13)23(33)34-15-5-3-2-4-6-15/h2-8,17,21H,9-11H2,1H3,(H,25,29)(H,31,32)/t17?,21-/m0/s1. The number of carboxylic acids is 1. The van der Waals surface area contributed by atoms with Crippen LogP contribution >= 0.6 is 46.2 Å². The van der Waals surface area contributed by atoms with Crippen LogP contribution in [-0.2, 0) is 20.8 Å². The third-order valence-corrected chi connectivity index (χ3v) is 10.0. The molecule has 2 atom stereocenters. The van der Waals surface area contributed by atoms with Crippen LogP contribution < -0.4 is 10.1 Å². The number of carbonyl (C=O) groups is 4. The topological polar surface area (TPSA) is 139 Å². The molecular formula is C24H20N4O6S4. The molecule has 4 heterocycles. The summed E-state index contributed by atoms with van der Waals surface area (Å²) in [5.74, 6) is -1.48. The molecule has 38 heavy (non-hydrogen) atoms. The van der Waals surface area contributed by atoms with E-state index in [0.717, 1.165) is 9.35 Å². The molecule has 14 heteroatoms. The number of β-lactam (4-membered cyclic amide) rings is 1. The minimum atomic E-state index is -1.18. The van der Waals surface area contributed by atoms with Crippen LogP contribution in [0.3, 0.4) is 0 Å². The average molecular weight is 589 g/mol. The molecule has 2 aromatic heterocycles. The Bertz CT molecular complexity index is 1440. The first-order valence-electron chi connectivity index (χ1n) is 11.3. The molecule has 10 nitrogen and oxygen atoms in total. The van der Waals surface area contributed by atoms with E-state index in [0.29, 0.717) is 33.3 Å². The molecule has 5 rings (SSSR count). The molecule has 1 unspecified atom stereocenters. The molecule has 2 N–H and O–H groups in total. The summed E-state index contributed by atoms with van der Waals surface area (Å²) in [5, 5.41) is 22.6. The molecule has 2 aliphatic rings. The van der Waals surface area contributed by atoms with Crippen LogP contribution in [0.15, 0.2) is 57.4 Å². The Morgan fingerprint density at radius 3 is 2.71 bits per heavy atom. The van der Waals surface area contributed by atoms with Crippen molar-refractivity contribution in [2.24, 2.45) is 0 Å².